The molecule has 3 rings (SSSR count). The van der Waals surface area contributed by atoms with Crippen molar-refractivity contribution in [2.75, 3.05) is 12.3 Å². The molecule has 0 aromatic carbocycles. The number of rotatable bonds is 3. The zero-order chi connectivity index (χ0) is 10.8. The smallest absolute Gasteiger partial charge is 0.195 e. The molecule has 1 aliphatic rings. The summed E-state index contributed by atoms with van der Waals surface area (Å²) in [4.78, 5) is 0. The van der Waals surface area contributed by atoms with E-state index in [1.54, 1.807) is 11.8 Å². The number of pyridine rings is 1. The van der Waals surface area contributed by atoms with Crippen molar-refractivity contribution in [3.63, 3.8) is 0 Å². The number of thioether (sulfide) groups is 1. The second kappa shape index (κ2) is 4.43. The third-order valence-electron chi connectivity index (χ3n) is 2.86. The quantitative estimate of drug-likeness (QED) is 0.819. The standard InChI is InChI=1S/C11H14N4S/c1-2-7-15-10(5-1)13-14-11(15)16-8-9-4-3-6-12-9/h1-2,5,7,9,12H,3-4,6,8H2. The van der Waals surface area contributed by atoms with Crippen LogP contribution >= 0.6 is 11.8 Å². The summed E-state index contributed by atoms with van der Waals surface area (Å²) in [6.07, 6.45) is 4.59. The van der Waals surface area contributed by atoms with Crippen molar-refractivity contribution in [3.8, 4) is 0 Å². The Hall–Kier alpha value is -1.07. The first-order valence-corrected chi connectivity index (χ1v) is 6.58. The van der Waals surface area contributed by atoms with E-state index in [-0.39, 0.29) is 0 Å². The molecule has 0 aliphatic carbocycles. The molecule has 2 aromatic heterocycles. The average Bonchev–Trinajstić information content (AvgIpc) is 2.96. The van der Waals surface area contributed by atoms with Gasteiger partial charge in [-0.1, -0.05) is 17.8 Å². The molecule has 1 fully saturated rings. The van der Waals surface area contributed by atoms with E-state index in [1.807, 2.05) is 28.8 Å². The number of nitrogens with one attached hydrogen (secondary N) is 1. The Morgan fingerprint density at radius 1 is 1.44 bits per heavy atom. The van der Waals surface area contributed by atoms with Crippen LogP contribution in [0.1, 0.15) is 12.8 Å². The lowest BCUT2D eigenvalue weighted by Crippen LogP contribution is -2.23. The zero-order valence-electron chi connectivity index (χ0n) is 8.97. The maximum atomic E-state index is 4.20. The Morgan fingerprint density at radius 3 is 3.31 bits per heavy atom. The molecule has 0 amide bonds. The maximum absolute atomic E-state index is 4.20. The molecule has 0 saturated carbocycles. The van der Waals surface area contributed by atoms with E-state index >= 15 is 0 Å². The van der Waals surface area contributed by atoms with Crippen molar-refractivity contribution in [2.24, 2.45) is 0 Å². The van der Waals surface area contributed by atoms with Gasteiger partial charge in [0.2, 0.25) is 0 Å². The fraction of sp³-hybridized carbons (Fsp3) is 0.455. The molecule has 84 valence electrons. The Morgan fingerprint density at radius 2 is 2.44 bits per heavy atom. The molecular formula is C11H14N4S. The van der Waals surface area contributed by atoms with Crippen LogP contribution in [0.3, 0.4) is 0 Å². The lowest BCUT2D eigenvalue weighted by Gasteiger charge is -2.07. The van der Waals surface area contributed by atoms with Crippen LogP contribution in [0.5, 0.6) is 0 Å². The molecule has 0 radical (unpaired) electrons. The highest BCUT2D eigenvalue weighted by Gasteiger charge is 2.15. The summed E-state index contributed by atoms with van der Waals surface area (Å²) >= 11 is 1.78. The molecule has 5 heteroatoms. The number of hydrogen-bond donors (Lipinski definition) is 1. The van der Waals surface area contributed by atoms with Crippen molar-refractivity contribution in [1.29, 1.82) is 0 Å². The van der Waals surface area contributed by atoms with Crippen LogP contribution in [0.25, 0.3) is 5.65 Å². The van der Waals surface area contributed by atoms with Gasteiger partial charge in [0.15, 0.2) is 10.8 Å². The molecule has 16 heavy (non-hydrogen) atoms. The van der Waals surface area contributed by atoms with E-state index in [4.69, 9.17) is 0 Å². The fourth-order valence-corrected chi connectivity index (χ4v) is 3.02. The van der Waals surface area contributed by atoms with E-state index in [0.29, 0.717) is 6.04 Å². The Balaban J connectivity index is 1.73. The largest absolute Gasteiger partial charge is 0.313 e. The van der Waals surface area contributed by atoms with E-state index < -0.39 is 0 Å². The van der Waals surface area contributed by atoms with Crippen LogP contribution < -0.4 is 5.32 Å². The van der Waals surface area contributed by atoms with Crippen molar-refractivity contribution >= 4 is 17.4 Å². The highest BCUT2D eigenvalue weighted by Crippen LogP contribution is 2.20. The average molecular weight is 234 g/mol. The number of hydrogen-bond acceptors (Lipinski definition) is 4. The highest BCUT2D eigenvalue weighted by atomic mass is 32.2. The van der Waals surface area contributed by atoms with Gasteiger partial charge < -0.3 is 5.32 Å². The number of fused-ring (bicyclic) bond motifs is 1. The molecule has 3 heterocycles. The second-order valence-electron chi connectivity index (χ2n) is 4.02. The minimum absolute atomic E-state index is 0.640. The summed E-state index contributed by atoms with van der Waals surface area (Å²) in [5.74, 6) is 1.08. The normalized spacial score (nSPS) is 20.6. The molecule has 1 saturated heterocycles. The maximum Gasteiger partial charge on any atom is 0.195 e. The van der Waals surface area contributed by atoms with Gasteiger partial charge >= 0.3 is 0 Å². The van der Waals surface area contributed by atoms with Crippen molar-refractivity contribution < 1.29 is 0 Å². The third-order valence-corrected chi connectivity index (χ3v) is 3.96. The fourth-order valence-electron chi connectivity index (χ4n) is 1.99. The number of aromatic nitrogens is 3. The van der Waals surface area contributed by atoms with Gasteiger partial charge in [0.25, 0.3) is 0 Å². The van der Waals surface area contributed by atoms with Crippen molar-refractivity contribution in [2.45, 2.75) is 24.0 Å². The predicted octanol–water partition coefficient (Wildman–Crippen LogP) is 1.57. The summed E-state index contributed by atoms with van der Waals surface area (Å²) in [5, 5.41) is 12.8. The van der Waals surface area contributed by atoms with Crippen LogP contribution in [0.15, 0.2) is 29.6 Å². The van der Waals surface area contributed by atoms with Gasteiger partial charge in [-0.3, -0.25) is 4.40 Å². The van der Waals surface area contributed by atoms with Gasteiger partial charge in [-0.2, -0.15) is 0 Å². The SMILES string of the molecule is c1ccn2c(SCC3CCCN3)nnc2c1. The third kappa shape index (κ3) is 1.92. The molecule has 1 unspecified atom stereocenters. The molecule has 0 spiro atoms. The minimum Gasteiger partial charge on any atom is -0.313 e. The van der Waals surface area contributed by atoms with Gasteiger partial charge in [-0.15, -0.1) is 10.2 Å². The molecule has 0 bridgehead atoms. The minimum atomic E-state index is 0.640. The second-order valence-corrected chi connectivity index (χ2v) is 5.00. The Labute approximate surface area is 98.4 Å². The summed E-state index contributed by atoms with van der Waals surface area (Å²) < 4.78 is 2.04. The monoisotopic (exact) mass is 234 g/mol. The van der Waals surface area contributed by atoms with Crippen LogP contribution in [0, 0.1) is 0 Å². The highest BCUT2D eigenvalue weighted by molar-refractivity contribution is 7.99. The van der Waals surface area contributed by atoms with E-state index in [0.717, 1.165) is 23.1 Å². The van der Waals surface area contributed by atoms with Gasteiger partial charge in [0, 0.05) is 18.0 Å². The summed E-state index contributed by atoms with van der Waals surface area (Å²) in [5.41, 5.74) is 0.921. The molecule has 1 N–H and O–H groups in total. The topological polar surface area (TPSA) is 42.2 Å². The molecule has 4 nitrogen and oxygen atoms in total. The van der Waals surface area contributed by atoms with Crippen LogP contribution in [0.2, 0.25) is 0 Å². The molecule has 2 aromatic rings. The van der Waals surface area contributed by atoms with Gasteiger partial charge in [-0.05, 0) is 31.5 Å². The summed E-state index contributed by atoms with van der Waals surface area (Å²) in [6.45, 7) is 1.16. The van der Waals surface area contributed by atoms with E-state index in [1.165, 1.54) is 12.8 Å². The molecular weight excluding hydrogens is 220 g/mol. The van der Waals surface area contributed by atoms with E-state index in [9.17, 15) is 0 Å². The Kier molecular flexibility index (Phi) is 2.80. The number of nitrogens with zero attached hydrogens (tertiary/aromatic N) is 3. The van der Waals surface area contributed by atoms with Gasteiger partial charge in [-0.25, -0.2) is 0 Å². The zero-order valence-corrected chi connectivity index (χ0v) is 9.78. The van der Waals surface area contributed by atoms with Crippen LogP contribution in [0.4, 0.5) is 0 Å². The van der Waals surface area contributed by atoms with Crippen LogP contribution in [-0.4, -0.2) is 32.9 Å². The first-order chi connectivity index (χ1) is 7.93. The van der Waals surface area contributed by atoms with Crippen molar-refractivity contribution in [3.05, 3.63) is 24.4 Å². The first-order valence-electron chi connectivity index (χ1n) is 5.59. The molecule has 1 aliphatic heterocycles. The Bertz CT molecular complexity index is 476. The summed E-state index contributed by atoms with van der Waals surface area (Å²) in [7, 11) is 0. The first kappa shape index (κ1) is 10.1. The predicted molar refractivity (Wildman–Crippen MR) is 64.7 cm³/mol. The molecule has 1 atom stereocenters. The van der Waals surface area contributed by atoms with Gasteiger partial charge in [0.1, 0.15) is 0 Å². The lowest BCUT2D eigenvalue weighted by atomic mass is 10.3. The lowest BCUT2D eigenvalue weighted by molar-refractivity contribution is 0.672. The van der Waals surface area contributed by atoms with E-state index in [2.05, 4.69) is 15.5 Å². The van der Waals surface area contributed by atoms with Crippen molar-refractivity contribution in [1.82, 2.24) is 19.9 Å². The van der Waals surface area contributed by atoms with Gasteiger partial charge in [0.05, 0.1) is 0 Å². The van der Waals surface area contributed by atoms with Crippen LogP contribution in [-0.2, 0) is 0 Å². The summed E-state index contributed by atoms with van der Waals surface area (Å²) in [6, 6.07) is 6.61.